The van der Waals surface area contributed by atoms with Gasteiger partial charge in [0.15, 0.2) is 6.10 Å². The topological polar surface area (TPSA) is 114 Å². The minimum absolute atomic E-state index is 0.0541. The lowest BCUT2D eigenvalue weighted by Crippen LogP contribution is -2.30. The number of aromatic nitrogens is 2. The number of benzene rings is 1. The summed E-state index contributed by atoms with van der Waals surface area (Å²) in [4.78, 5) is 20.1. The Labute approximate surface area is 148 Å². The number of carbonyl (C=O) groups excluding carboxylic acids is 1. The Morgan fingerprint density at radius 3 is 2.92 bits per heavy atom. The minimum Gasteiger partial charge on any atom is -0.463 e. The van der Waals surface area contributed by atoms with Gasteiger partial charge in [-0.1, -0.05) is 12.1 Å². The fourth-order valence-electron chi connectivity index (χ4n) is 1.96. The summed E-state index contributed by atoms with van der Waals surface area (Å²) in [5, 5.41) is 12.3. The first kappa shape index (κ1) is 18.5. The number of carbonyl (C=O) groups is 1. The van der Waals surface area contributed by atoms with E-state index in [1.807, 2.05) is 6.07 Å². The van der Waals surface area contributed by atoms with Crippen molar-refractivity contribution in [2.45, 2.75) is 24.7 Å². The van der Waals surface area contributed by atoms with E-state index < -0.39 is 18.7 Å². The molecule has 1 aromatic heterocycles. The molecule has 25 heavy (non-hydrogen) atoms. The molecule has 2 aromatic rings. The van der Waals surface area contributed by atoms with Crippen molar-refractivity contribution in [3.05, 3.63) is 35.4 Å². The molecule has 3 N–H and O–H groups in total. The van der Waals surface area contributed by atoms with Gasteiger partial charge < -0.3 is 15.8 Å². The second kappa shape index (κ2) is 8.30. The molecule has 0 aliphatic heterocycles. The first-order chi connectivity index (χ1) is 12.0. The highest BCUT2D eigenvalue weighted by atomic mass is 32.2. The normalized spacial score (nSPS) is 11.4. The number of halogens is 1. The Kier molecular flexibility index (Phi) is 6.14. The fourth-order valence-corrected chi connectivity index (χ4v) is 2.48. The second-order valence-corrected chi connectivity index (χ2v) is 5.76. The number of anilines is 2. The highest BCUT2D eigenvalue weighted by Gasteiger charge is 2.21. The number of nitrogens with zero attached hydrogens (tertiary/aromatic N) is 3. The summed E-state index contributed by atoms with van der Waals surface area (Å²) in [6, 6.07) is 8.37. The number of alkyl halides is 1. The molecule has 0 fully saturated rings. The van der Waals surface area contributed by atoms with E-state index in [-0.39, 0.29) is 17.4 Å². The molecule has 130 valence electrons. The summed E-state index contributed by atoms with van der Waals surface area (Å²) in [5.41, 5.74) is 6.61. The van der Waals surface area contributed by atoms with E-state index in [0.29, 0.717) is 16.3 Å². The summed E-state index contributed by atoms with van der Waals surface area (Å²) in [6.07, 6.45) is 0.783. The van der Waals surface area contributed by atoms with Crippen molar-refractivity contribution >= 4 is 29.3 Å². The predicted octanol–water partition coefficient (Wildman–Crippen LogP) is 2.53. The van der Waals surface area contributed by atoms with Crippen LogP contribution < -0.4 is 15.8 Å². The zero-order valence-electron chi connectivity index (χ0n) is 13.6. The Hall–Kier alpha value is -2.86. The van der Waals surface area contributed by atoms with Crippen LogP contribution in [0.5, 0.6) is 5.88 Å². The number of amides is 1. The first-order valence-corrected chi connectivity index (χ1v) is 8.45. The summed E-state index contributed by atoms with van der Waals surface area (Å²) < 4.78 is 18.2. The van der Waals surface area contributed by atoms with Crippen LogP contribution in [-0.4, -0.2) is 28.2 Å². The zero-order chi connectivity index (χ0) is 18.4. The van der Waals surface area contributed by atoms with Crippen LogP contribution in [0.3, 0.4) is 0 Å². The van der Waals surface area contributed by atoms with E-state index in [1.165, 1.54) is 24.8 Å². The van der Waals surface area contributed by atoms with Crippen molar-refractivity contribution in [2.24, 2.45) is 0 Å². The maximum atomic E-state index is 12.7. The van der Waals surface area contributed by atoms with Gasteiger partial charge in [-0.05, 0) is 30.9 Å². The molecule has 1 heterocycles. The molecule has 0 saturated carbocycles. The average molecular weight is 361 g/mol. The van der Waals surface area contributed by atoms with Crippen molar-refractivity contribution in [1.82, 2.24) is 9.97 Å². The number of hydrogen-bond donors (Lipinski definition) is 2. The monoisotopic (exact) mass is 361 g/mol. The lowest BCUT2D eigenvalue weighted by molar-refractivity contribution is -0.122. The van der Waals surface area contributed by atoms with Crippen LogP contribution in [0.2, 0.25) is 0 Å². The van der Waals surface area contributed by atoms with Crippen molar-refractivity contribution in [3.63, 3.8) is 0 Å². The molecule has 2 rings (SSSR count). The van der Waals surface area contributed by atoms with E-state index in [9.17, 15) is 14.4 Å². The van der Waals surface area contributed by atoms with Gasteiger partial charge in [-0.2, -0.15) is 10.2 Å². The van der Waals surface area contributed by atoms with Crippen molar-refractivity contribution in [1.29, 1.82) is 5.26 Å². The van der Waals surface area contributed by atoms with Gasteiger partial charge >= 0.3 is 0 Å². The summed E-state index contributed by atoms with van der Waals surface area (Å²) in [5.74, 6) is -0.580. The van der Waals surface area contributed by atoms with Gasteiger partial charge in [0, 0.05) is 5.69 Å². The standard InChI is InChI=1S/C16H16FN5O2S/c1-9(13(23)20-11-5-3-4-10(6-11)7-17)24-14-12(8-18)15(25-2)22-16(19)21-14/h3-6,9H,7H2,1-2H3,(H,20,23)(H2,19,21,22). The molecule has 1 aromatic carbocycles. The zero-order valence-corrected chi connectivity index (χ0v) is 14.4. The Morgan fingerprint density at radius 1 is 1.52 bits per heavy atom. The number of ether oxygens (including phenoxy) is 1. The molecule has 7 nitrogen and oxygen atoms in total. The van der Waals surface area contributed by atoms with E-state index in [0.717, 1.165) is 0 Å². The molecule has 1 atom stereocenters. The molecule has 9 heteroatoms. The molecule has 0 aliphatic carbocycles. The van der Waals surface area contributed by atoms with Crippen molar-refractivity contribution in [2.75, 3.05) is 17.3 Å². The van der Waals surface area contributed by atoms with E-state index in [1.54, 1.807) is 24.5 Å². The number of nitrogens with two attached hydrogens (primary N) is 1. The third-order valence-electron chi connectivity index (χ3n) is 3.17. The van der Waals surface area contributed by atoms with E-state index in [4.69, 9.17) is 10.5 Å². The van der Waals surface area contributed by atoms with Gasteiger partial charge in [0.2, 0.25) is 11.8 Å². The third kappa shape index (κ3) is 4.58. The molecule has 0 spiro atoms. The molecule has 0 radical (unpaired) electrons. The lowest BCUT2D eigenvalue weighted by atomic mass is 10.2. The van der Waals surface area contributed by atoms with E-state index >= 15 is 0 Å². The van der Waals surface area contributed by atoms with Crippen LogP contribution in [0.25, 0.3) is 0 Å². The molecule has 0 bridgehead atoms. The first-order valence-electron chi connectivity index (χ1n) is 7.22. The van der Waals surface area contributed by atoms with Gasteiger partial charge in [0.1, 0.15) is 23.3 Å². The molecule has 0 saturated heterocycles. The molecular weight excluding hydrogens is 345 g/mol. The fraction of sp³-hybridized carbons (Fsp3) is 0.250. The maximum absolute atomic E-state index is 12.7. The van der Waals surface area contributed by atoms with Crippen LogP contribution in [0, 0.1) is 11.3 Å². The summed E-state index contributed by atoms with van der Waals surface area (Å²) in [7, 11) is 0. The molecule has 0 aliphatic rings. The quantitative estimate of drug-likeness (QED) is 0.600. The van der Waals surface area contributed by atoms with Gasteiger partial charge in [-0.25, -0.2) is 9.37 Å². The minimum atomic E-state index is -0.954. The van der Waals surface area contributed by atoms with Crippen LogP contribution >= 0.6 is 11.8 Å². The number of nitrogen functional groups attached to an aromatic ring is 1. The number of nitrogens with one attached hydrogen (secondary N) is 1. The van der Waals surface area contributed by atoms with Gasteiger partial charge in [0.05, 0.1) is 0 Å². The number of nitriles is 1. The number of rotatable bonds is 6. The van der Waals surface area contributed by atoms with Crippen molar-refractivity contribution in [3.8, 4) is 11.9 Å². The maximum Gasteiger partial charge on any atom is 0.265 e. The average Bonchev–Trinajstić information content (AvgIpc) is 2.61. The highest BCUT2D eigenvalue weighted by Crippen LogP contribution is 2.26. The van der Waals surface area contributed by atoms with Crippen LogP contribution in [0.15, 0.2) is 29.3 Å². The number of hydrogen-bond acceptors (Lipinski definition) is 7. The predicted molar refractivity (Wildman–Crippen MR) is 92.9 cm³/mol. The highest BCUT2D eigenvalue weighted by molar-refractivity contribution is 7.98. The smallest absolute Gasteiger partial charge is 0.265 e. The van der Waals surface area contributed by atoms with E-state index in [2.05, 4.69) is 15.3 Å². The Bertz CT molecular complexity index is 825. The van der Waals surface area contributed by atoms with Gasteiger partial charge in [0.25, 0.3) is 5.91 Å². The summed E-state index contributed by atoms with van der Waals surface area (Å²) >= 11 is 1.22. The summed E-state index contributed by atoms with van der Waals surface area (Å²) in [6.45, 7) is 0.880. The largest absolute Gasteiger partial charge is 0.463 e. The molecule has 1 amide bonds. The van der Waals surface area contributed by atoms with Crippen LogP contribution in [0.4, 0.5) is 16.0 Å². The second-order valence-electron chi connectivity index (χ2n) is 4.97. The third-order valence-corrected chi connectivity index (χ3v) is 3.85. The Balaban J connectivity index is 2.16. The number of thioether (sulfide) groups is 1. The molecular formula is C16H16FN5O2S. The van der Waals surface area contributed by atoms with Gasteiger partial charge in [-0.3, -0.25) is 4.79 Å². The van der Waals surface area contributed by atoms with Gasteiger partial charge in [-0.15, -0.1) is 11.8 Å². The Morgan fingerprint density at radius 2 is 2.28 bits per heavy atom. The van der Waals surface area contributed by atoms with Crippen LogP contribution in [0.1, 0.15) is 18.1 Å². The lowest BCUT2D eigenvalue weighted by Gasteiger charge is -2.16. The van der Waals surface area contributed by atoms with Crippen LogP contribution in [-0.2, 0) is 11.5 Å². The SMILES string of the molecule is CSc1nc(N)nc(OC(C)C(=O)Nc2cccc(CF)c2)c1C#N. The van der Waals surface area contributed by atoms with Crippen molar-refractivity contribution < 1.29 is 13.9 Å². The molecule has 1 unspecified atom stereocenters.